The average molecular weight is 328 g/mol. The van der Waals surface area contributed by atoms with Gasteiger partial charge >= 0.3 is 15.5 Å². The Balaban J connectivity index is 3.34. The number of hydrogen-bond acceptors (Lipinski definition) is 5. The van der Waals surface area contributed by atoms with Crippen LogP contribution in [0.2, 0.25) is 0 Å². The quantitative estimate of drug-likeness (QED) is 0.826. The molecule has 0 fully saturated rings. The summed E-state index contributed by atoms with van der Waals surface area (Å²) in [5.74, 6) is 0. The number of rotatable bonds is 3. The molecule has 0 spiro atoms. The zero-order chi connectivity index (χ0) is 15.8. The Morgan fingerprint density at radius 1 is 1.10 bits per heavy atom. The fourth-order valence-electron chi connectivity index (χ4n) is 1.12. The first-order chi connectivity index (χ1) is 8.94. The van der Waals surface area contributed by atoms with Crippen molar-refractivity contribution in [1.82, 2.24) is 3.71 Å². The molecule has 1 aromatic carbocycles. The van der Waals surface area contributed by atoms with E-state index in [2.05, 4.69) is 0 Å². The molecule has 1 rings (SSSR count). The van der Waals surface area contributed by atoms with Crippen LogP contribution >= 0.6 is 0 Å². The molecule has 0 aliphatic rings. The Morgan fingerprint density at radius 3 is 1.90 bits per heavy atom. The third-order valence-corrected chi connectivity index (χ3v) is 6.24. The maximum absolute atomic E-state index is 12.3. The maximum Gasteiger partial charge on any atom is 0.512 e. The highest BCUT2D eigenvalue weighted by atomic mass is 32.3. The number of sulfonamides is 2. The van der Waals surface area contributed by atoms with Crippen molar-refractivity contribution < 1.29 is 30.0 Å². The highest BCUT2D eigenvalue weighted by Crippen LogP contribution is 2.29. The van der Waals surface area contributed by atoms with E-state index in [1.54, 1.807) is 6.07 Å². The zero-order valence-corrected chi connectivity index (χ0v) is 11.4. The van der Waals surface area contributed by atoms with Gasteiger partial charge in [0.25, 0.3) is 10.0 Å². The molecule has 0 heterocycles. The van der Waals surface area contributed by atoms with Crippen molar-refractivity contribution in [2.75, 3.05) is 7.05 Å². The lowest BCUT2D eigenvalue weighted by atomic mass is 10.2. The Kier molecular flexibility index (Phi) is 4.14. The van der Waals surface area contributed by atoms with E-state index < -0.39 is 34.2 Å². The summed E-state index contributed by atoms with van der Waals surface area (Å²) < 4.78 is 81.9. The van der Waals surface area contributed by atoms with Crippen LogP contribution < -0.4 is 0 Å². The largest absolute Gasteiger partial charge is 0.512 e. The van der Waals surface area contributed by atoms with E-state index >= 15 is 0 Å². The van der Waals surface area contributed by atoms with Crippen LogP contribution in [0.4, 0.5) is 13.2 Å². The van der Waals surface area contributed by atoms with Gasteiger partial charge in [-0.2, -0.15) is 18.4 Å². The molecule has 0 amide bonds. The SMILES string of the molecule is CN(S(=O)(=O)c1ccc(C#N)cc1)S(=O)(=O)C(F)(F)F. The molecule has 20 heavy (non-hydrogen) atoms. The molecule has 0 aliphatic heterocycles. The fourth-order valence-corrected chi connectivity index (χ4v) is 3.74. The summed E-state index contributed by atoms with van der Waals surface area (Å²) in [7, 11) is -10.6. The Labute approximate surface area is 113 Å². The summed E-state index contributed by atoms with van der Waals surface area (Å²) in [5.41, 5.74) is -5.66. The minimum atomic E-state index is -6.02. The van der Waals surface area contributed by atoms with Crippen molar-refractivity contribution >= 4 is 20.0 Å². The molecule has 11 heteroatoms. The molecule has 0 N–H and O–H groups in total. The second-order valence-corrected chi connectivity index (χ2v) is 7.63. The molecule has 0 saturated carbocycles. The summed E-state index contributed by atoms with van der Waals surface area (Å²) in [5, 5.41) is 8.52. The van der Waals surface area contributed by atoms with E-state index in [4.69, 9.17) is 5.26 Å². The monoisotopic (exact) mass is 328 g/mol. The van der Waals surface area contributed by atoms with Crippen molar-refractivity contribution in [3.05, 3.63) is 29.8 Å². The third kappa shape index (κ3) is 2.77. The minimum absolute atomic E-state index is 0.0743. The minimum Gasteiger partial charge on any atom is -0.206 e. The lowest BCUT2D eigenvalue weighted by molar-refractivity contribution is -0.0465. The molecule has 0 radical (unpaired) electrons. The topological polar surface area (TPSA) is 95.3 Å². The van der Waals surface area contributed by atoms with Crippen LogP contribution in [0, 0.1) is 11.3 Å². The zero-order valence-electron chi connectivity index (χ0n) is 9.79. The van der Waals surface area contributed by atoms with Gasteiger partial charge in [-0.3, -0.25) is 0 Å². The van der Waals surface area contributed by atoms with Gasteiger partial charge in [0.15, 0.2) is 0 Å². The lowest BCUT2D eigenvalue weighted by Crippen LogP contribution is -2.41. The van der Waals surface area contributed by atoms with E-state index in [-0.39, 0.29) is 12.6 Å². The van der Waals surface area contributed by atoms with E-state index in [0.29, 0.717) is 0 Å². The average Bonchev–Trinajstić information content (AvgIpc) is 2.36. The second-order valence-electron chi connectivity index (χ2n) is 3.47. The number of halogens is 3. The van der Waals surface area contributed by atoms with Crippen LogP contribution in [0.3, 0.4) is 0 Å². The van der Waals surface area contributed by atoms with Crippen LogP contribution in [0.25, 0.3) is 0 Å². The first-order valence-corrected chi connectivity index (χ1v) is 7.63. The van der Waals surface area contributed by atoms with Gasteiger partial charge in [-0.15, -0.1) is 0 Å². The summed E-state index contributed by atoms with van der Waals surface area (Å²) in [4.78, 5) is -0.674. The molecule has 0 aliphatic carbocycles. The van der Waals surface area contributed by atoms with Gasteiger partial charge in [-0.25, -0.2) is 16.8 Å². The first kappa shape index (κ1) is 16.4. The van der Waals surface area contributed by atoms with E-state index in [0.717, 1.165) is 24.3 Å². The Hall–Kier alpha value is -1.64. The van der Waals surface area contributed by atoms with Gasteiger partial charge in [0.1, 0.15) is 0 Å². The van der Waals surface area contributed by atoms with Crippen molar-refractivity contribution in [3.8, 4) is 6.07 Å². The van der Waals surface area contributed by atoms with Crippen LogP contribution in [0.1, 0.15) is 5.56 Å². The standard InChI is InChI=1S/C9H7F3N2O4S2/c1-14(20(17,18)9(10,11)12)19(15,16)8-4-2-7(6-13)3-5-8/h2-5H,1H3. The maximum atomic E-state index is 12.3. The molecule has 0 aromatic heterocycles. The van der Waals surface area contributed by atoms with Crippen molar-refractivity contribution in [2.24, 2.45) is 0 Å². The predicted molar refractivity (Wildman–Crippen MR) is 61.1 cm³/mol. The molecule has 0 bridgehead atoms. The van der Waals surface area contributed by atoms with E-state index in [1.165, 1.54) is 0 Å². The highest BCUT2D eigenvalue weighted by Gasteiger charge is 2.52. The third-order valence-electron chi connectivity index (χ3n) is 2.25. The predicted octanol–water partition coefficient (Wildman–Crippen LogP) is 1.03. The van der Waals surface area contributed by atoms with Gasteiger partial charge in [0, 0.05) is 7.05 Å². The smallest absolute Gasteiger partial charge is 0.206 e. The van der Waals surface area contributed by atoms with Gasteiger partial charge in [0.05, 0.1) is 16.5 Å². The first-order valence-electron chi connectivity index (χ1n) is 4.75. The Bertz CT molecular complexity index is 746. The molecule has 1 aromatic rings. The van der Waals surface area contributed by atoms with Crippen molar-refractivity contribution in [1.29, 1.82) is 5.26 Å². The van der Waals surface area contributed by atoms with Gasteiger partial charge in [-0.05, 0) is 24.3 Å². The molecule has 0 unspecified atom stereocenters. The molecule has 0 atom stereocenters. The molecular formula is C9H7F3N2O4S2. The summed E-state index contributed by atoms with van der Waals surface area (Å²) in [6, 6.07) is 5.45. The number of benzene rings is 1. The number of nitriles is 1. The fraction of sp³-hybridized carbons (Fsp3) is 0.222. The number of alkyl halides is 3. The molecule has 6 nitrogen and oxygen atoms in total. The van der Waals surface area contributed by atoms with Crippen LogP contribution in [-0.4, -0.2) is 33.1 Å². The van der Waals surface area contributed by atoms with Crippen molar-refractivity contribution in [3.63, 3.8) is 0 Å². The van der Waals surface area contributed by atoms with Crippen LogP contribution in [-0.2, 0) is 20.0 Å². The summed E-state index contributed by atoms with van der Waals surface area (Å²) in [6.45, 7) is 0. The van der Waals surface area contributed by atoms with Gasteiger partial charge in [-0.1, -0.05) is 3.71 Å². The lowest BCUT2D eigenvalue weighted by Gasteiger charge is -2.18. The summed E-state index contributed by atoms with van der Waals surface area (Å²) >= 11 is 0. The molecule has 0 saturated heterocycles. The second kappa shape index (κ2) is 5.04. The Morgan fingerprint density at radius 2 is 1.55 bits per heavy atom. The highest BCUT2D eigenvalue weighted by molar-refractivity contribution is 8.04. The number of hydrogen-bond donors (Lipinski definition) is 0. The molecular weight excluding hydrogens is 321 g/mol. The van der Waals surface area contributed by atoms with Crippen LogP contribution in [0.5, 0.6) is 0 Å². The summed E-state index contributed by atoms with van der Waals surface area (Å²) in [6.07, 6.45) is 0. The van der Waals surface area contributed by atoms with Gasteiger partial charge < -0.3 is 0 Å². The van der Waals surface area contributed by atoms with Gasteiger partial charge in [0.2, 0.25) is 0 Å². The molecule has 110 valence electrons. The van der Waals surface area contributed by atoms with E-state index in [9.17, 15) is 30.0 Å². The number of nitrogens with zero attached hydrogens (tertiary/aromatic N) is 2. The normalized spacial score (nSPS) is 13.2. The van der Waals surface area contributed by atoms with Crippen LogP contribution in [0.15, 0.2) is 29.2 Å². The van der Waals surface area contributed by atoms with Crippen molar-refractivity contribution in [2.45, 2.75) is 10.4 Å². The van der Waals surface area contributed by atoms with E-state index in [1.807, 2.05) is 0 Å².